The van der Waals surface area contributed by atoms with Crippen molar-refractivity contribution in [3.8, 4) is 0 Å². The number of ether oxygens (including phenoxy) is 1. The second-order valence-corrected chi connectivity index (χ2v) is 6.57. The van der Waals surface area contributed by atoms with Gasteiger partial charge in [-0.05, 0) is 30.2 Å². The minimum Gasteiger partial charge on any atom is -0.383 e. The second kappa shape index (κ2) is 7.46. The van der Waals surface area contributed by atoms with E-state index in [0.29, 0.717) is 5.41 Å². The highest BCUT2D eigenvalue weighted by atomic mass is 16.5. The molecule has 0 saturated carbocycles. The quantitative estimate of drug-likeness (QED) is 0.721. The van der Waals surface area contributed by atoms with E-state index in [-0.39, 0.29) is 0 Å². The van der Waals surface area contributed by atoms with Crippen molar-refractivity contribution < 1.29 is 4.74 Å². The summed E-state index contributed by atoms with van der Waals surface area (Å²) in [5, 5.41) is 3.55. The molecule has 3 nitrogen and oxygen atoms in total. The first kappa shape index (κ1) is 15.9. The molecule has 3 heteroatoms. The highest BCUT2D eigenvalue weighted by Crippen LogP contribution is 2.35. The average Bonchev–Trinajstić information content (AvgIpc) is 2.75. The van der Waals surface area contributed by atoms with Crippen molar-refractivity contribution in [2.75, 3.05) is 46.4 Å². The Morgan fingerprint density at radius 3 is 2.44 bits per heavy atom. The molecule has 0 aromatic carbocycles. The number of methoxy groups -OCH3 is 1. The van der Waals surface area contributed by atoms with Gasteiger partial charge in [0.2, 0.25) is 0 Å². The lowest BCUT2D eigenvalue weighted by Crippen LogP contribution is -2.45. The maximum absolute atomic E-state index is 5.25. The van der Waals surface area contributed by atoms with Gasteiger partial charge < -0.3 is 15.0 Å². The van der Waals surface area contributed by atoms with Crippen LogP contribution in [0.5, 0.6) is 0 Å². The van der Waals surface area contributed by atoms with E-state index in [0.717, 1.165) is 25.0 Å². The third-order valence-electron chi connectivity index (χ3n) is 4.27. The van der Waals surface area contributed by atoms with Crippen LogP contribution in [0.2, 0.25) is 0 Å². The van der Waals surface area contributed by atoms with E-state index in [1.54, 1.807) is 7.11 Å². The van der Waals surface area contributed by atoms with Gasteiger partial charge in [0, 0.05) is 33.3 Å². The summed E-state index contributed by atoms with van der Waals surface area (Å²) in [4.78, 5) is 2.60. The fraction of sp³-hybridized carbons (Fsp3) is 1.00. The molecular weight excluding hydrogens is 224 g/mol. The molecular formula is C15H32N2O. The van der Waals surface area contributed by atoms with E-state index in [1.807, 2.05) is 0 Å². The summed E-state index contributed by atoms with van der Waals surface area (Å²) in [5.41, 5.74) is 0.461. The minimum absolute atomic E-state index is 0.461. The van der Waals surface area contributed by atoms with Crippen LogP contribution in [-0.2, 0) is 4.74 Å². The molecule has 0 aromatic rings. The van der Waals surface area contributed by atoms with Gasteiger partial charge in [-0.1, -0.05) is 27.7 Å². The average molecular weight is 256 g/mol. The molecule has 0 radical (unpaired) electrons. The van der Waals surface area contributed by atoms with Crippen molar-refractivity contribution in [2.45, 2.75) is 34.1 Å². The first-order chi connectivity index (χ1) is 8.50. The van der Waals surface area contributed by atoms with Gasteiger partial charge in [0.1, 0.15) is 0 Å². The summed E-state index contributed by atoms with van der Waals surface area (Å²) in [7, 11) is 1.79. The molecule has 0 aliphatic carbocycles. The largest absolute Gasteiger partial charge is 0.383 e. The van der Waals surface area contributed by atoms with Crippen molar-refractivity contribution >= 4 is 0 Å². The summed E-state index contributed by atoms with van der Waals surface area (Å²) >= 11 is 0. The summed E-state index contributed by atoms with van der Waals surface area (Å²) in [6, 6.07) is 0. The Bertz CT molecular complexity index is 223. The molecule has 1 heterocycles. The summed E-state index contributed by atoms with van der Waals surface area (Å²) in [6.07, 6.45) is 1.31. The molecule has 18 heavy (non-hydrogen) atoms. The number of hydrogen-bond donors (Lipinski definition) is 1. The van der Waals surface area contributed by atoms with Gasteiger partial charge in [-0.15, -0.1) is 0 Å². The fourth-order valence-electron chi connectivity index (χ4n) is 2.99. The van der Waals surface area contributed by atoms with Crippen LogP contribution in [0, 0.1) is 17.3 Å². The molecule has 0 aromatic heterocycles. The normalized spacial score (nSPS) is 24.7. The van der Waals surface area contributed by atoms with Crippen LogP contribution in [-0.4, -0.2) is 51.3 Å². The van der Waals surface area contributed by atoms with Gasteiger partial charge in [0.15, 0.2) is 0 Å². The smallest absolute Gasteiger partial charge is 0.0589 e. The molecule has 108 valence electrons. The summed E-state index contributed by atoms with van der Waals surface area (Å²) in [6.45, 7) is 16.0. The second-order valence-electron chi connectivity index (χ2n) is 6.57. The summed E-state index contributed by atoms with van der Waals surface area (Å²) in [5.74, 6) is 1.46. The number of hydrogen-bond acceptors (Lipinski definition) is 3. The molecule has 1 fully saturated rings. The lowest BCUT2D eigenvalue weighted by Gasteiger charge is -2.38. The van der Waals surface area contributed by atoms with E-state index in [2.05, 4.69) is 37.9 Å². The molecule has 1 unspecified atom stereocenters. The van der Waals surface area contributed by atoms with Gasteiger partial charge >= 0.3 is 0 Å². The Balaban J connectivity index is 2.60. The maximum atomic E-state index is 5.25. The molecule has 0 spiro atoms. The summed E-state index contributed by atoms with van der Waals surface area (Å²) < 4.78 is 5.25. The number of nitrogens with zero attached hydrogens (tertiary/aromatic N) is 1. The van der Waals surface area contributed by atoms with Crippen LogP contribution in [0.15, 0.2) is 0 Å². The molecule has 1 rings (SSSR count). The van der Waals surface area contributed by atoms with E-state index >= 15 is 0 Å². The predicted octanol–water partition coefficient (Wildman–Crippen LogP) is 2.23. The van der Waals surface area contributed by atoms with E-state index in [9.17, 15) is 0 Å². The minimum atomic E-state index is 0.461. The lowest BCUT2D eigenvalue weighted by atomic mass is 9.76. The van der Waals surface area contributed by atoms with Crippen LogP contribution in [0.25, 0.3) is 0 Å². The van der Waals surface area contributed by atoms with Crippen LogP contribution in [0.4, 0.5) is 0 Å². The molecule has 1 aliphatic rings. The Morgan fingerprint density at radius 2 is 2.00 bits per heavy atom. The molecule has 1 atom stereocenters. The zero-order valence-electron chi connectivity index (χ0n) is 13.0. The van der Waals surface area contributed by atoms with Crippen molar-refractivity contribution in [1.29, 1.82) is 0 Å². The number of rotatable bonds is 8. The third-order valence-corrected chi connectivity index (χ3v) is 4.27. The Morgan fingerprint density at radius 1 is 1.28 bits per heavy atom. The van der Waals surface area contributed by atoms with Crippen molar-refractivity contribution in [1.82, 2.24) is 10.2 Å². The SMILES string of the molecule is COCCN(CC(C)C)CC1(C(C)C)CCNC1. The Kier molecular flexibility index (Phi) is 6.61. The van der Waals surface area contributed by atoms with Crippen molar-refractivity contribution in [2.24, 2.45) is 17.3 Å². The monoisotopic (exact) mass is 256 g/mol. The van der Waals surface area contributed by atoms with Crippen LogP contribution >= 0.6 is 0 Å². The van der Waals surface area contributed by atoms with Gasteiger partial charge in [-0.25, -0.2) is 0 Å². The van der Waals surface area contributed by atoms with E-state index in [1.165, 1.54) is 32.6 Å². The van der Waals surface area contributed by atoms with Gasteiger partial charge in [0.25, 0.3) is 0 Å². The maximum Gasteiger partial charge on any atom is 0.0589 e. The van der Waals surface area contributed by atoms with Crippen molar-refractivity contribution in [3.63, 3.8) is 0 Å². The standard InChI is InChI=1S/C15H32N2O/c1-13(2)10-17(8-9-18-5)12-15(14(3)4)6-7-16-11-15/h13-14,16H,6-12H2,1-5H3. The molecule has 1 N–H and O–H groups in total. The van der Waals surface area contributed by atoms with E-state index in [4.69, 9.17) is 4.74 Å². The van der Waals surface area contributed by atoms with Crippen LogP contribution in [0.1, 0.15) is 34.1 Å². The zero-order valence-corrected chi connectivity index (χ0v) is 13.0. The highest BCUT2D eigenvalue weighted by Gasteiger charge is 2.38. The first-order valence-corrected chi connectivity index (χ1v) is 7.42. The Labute approximate surface area is 113 Å². The molecule has 0 amide bonds. The van der Waals surface area contributed by atoms with Crippen molar-refractivity contribution in [3.05, 3.63) is 0 Å². The Hall–Kier alpha value is -0.120. The molecule has 1 aliphatic heterocycles. The van der Waals surface area contributed by atoms with Gasteiger partial charge in [0.05, 0.1) is 6.61 Å². The topological polar surface area (TPSA) is 24.5 Å². The van der Waals surface area contributed by atoms with Gasteiger partial charge in [-0.2, -0.15) is 0 Å². The fourth-order valence-corrected chi connectivity index (χ4v) is 2.99. The predicted molar refractivity (Wildman–Crippen MR) is 77.9 cm³/mol. The zero-order chi connectivity index (χ0) is 13.6. The number of nitrogens with one attached hydrogen (secondary N) is 1. The highest BCUT2D eigenvalue weighted by molar-refractivity contribution is 4.92. The third kappa shape index (κ3) is 4.52. The van der Waals surface area contributed by atoms with Crippen LogP contribution in [0.3, 0.4) is 0 Å². The first-order valence-electron chi connectivity index (χ1n) is 7.42. The molecule has 0 bridgehead atoms. The molecule has 1 saturated heterocycles. The van der Waals surface area contributed by atoms with E-state index < -0.39 is 0 Å². The lowest BCUT2D eigenvalue weighted by molar-refractivity contribution is 0.0804. The van der Waals surface area contributed by atoms with Crippen LogP contribution < -0.4 is 5.32 Å². The van der Waals surface area contributed by atoms with Gasteiger partial charge in [-0.3, -0.25) is 0 Å².